The molecule has 2 heterocycles. The maximum absolute atomic E-state index is 12.7. The molecule has 3 rings (SSSR count). The van der Waals surface area contributed by atoms with Gasteiger partial charge in [-0.2, -0.15) is 0 Å². The van der Waals surface area contributed by atoms with Gasteiger partial charge in [-0.1, -0.05) is 12.8 Å². The van der Waals surface area contributed by atoms with Gasteiger partial charge in [0.25, 0.3) is 0 Å². The average molecular weight is 333 g/mol. The molecule has 2 fully saturated rings. The summed E-state index contributed by atoms with van der Waals surface area (Å²) < 4.78 is 10.4. The van der Waals surface area contributed by atoms with Gasteiger partial charge in [0, 0.05) is 25.3 Å². The smallest absolute Gasteiger partial charge is 0.322 e. The normalized spacial score (nSPS) is 26.1. The van der Waals surface area contributed by atoms with Crippen molar-refractivity contribution in [1.29, 1.82) is 0 Å². The Morgan fingerprint density at radius 2 is 2.17 bits per heavy atom. The second kappa shape index (κ2) is 7.83. The number of hydrogen-bond donors (Lipinski definition) is 1. The Bertz CT molecular complexity index is 549. The van der Waals surface area contributed by atoms with Crippen LogP contribution in [-0.4, -0.2) is 48.3 Å². The standard InChI is InChI=1S/C18H27N3O3/c1-13-11-14-5-3-4-6-16(14)21(13)18(22)20-15-7-8-17(19-12-15)24-10-9-23-2/h7-8,12-14,16H,3-6,9-11H2,1-2H3,(H,20,22)/t13-,14-,16+/m1/s1. The highest BCUT2D eigenvalue weighted by Gasteiger charge is 2.42. The van der Waals surface area contributed by atoms with Gasteiger partial charge in [-0.25, -0.2) is 9.78 Å². The molecule has 6 heteroatoms. The minimum absolute atomic E-state index is 0.00764. The van der Waals surface area contributed by atoms with Crippen molar-refractivity contribution in [3.05, 3.63) is 18.3 Å². The minimum Gasteiger partial charge on any atom is -0.475 e. The first-order valence-corrected chi connectivity index (χ1v) is 8.86. The molecule has 0 bridgehead atoms. The lowest BCUT2D eigenvalue weighted by molar-refractivity contribution is 0.144. The number of amides is 2. The van der Waals surface area contributed by atoms with Crippen LogP contribution in [0.15, 0.2) is 18.3 Å². The van der Waals surface area contributed by atoms with E-state index < -0.39 is 0 Å². The number of rotatable bonds is 5. The molecule has 0 aromatic carbocycles. The molecule has 2 aliphatic rings. The number of pyridine rings is 1. The van der Waals surface area contributed by atoms with Gasteiger partial charge in [0.1, 0.15) is 6.61 Å². The third kappa shape index (κ3) is 3.80. The number of carbonyl (C=O) groups excluding carboxylic acids is 1. The van der Waals surface area contributed by atoms with E-state index >= 15 is 0 Å². The van der Waals surface area contributed by atoms with Gasteiger partial charge in [0.2, 0.25) is 5.88 Å². The Morgan fingerprint density at radius 1 is 1.33 bits per heavy atom. The molecule has 0 radical (unpaired) electrons. The number of fused-ring (bicyclic) bond motifs is 1. The number of methoxy groups -OCH3 is 1. The average Bonchev–Trinajstić information content (AvgIpc) is 2.92. The number of carbonyl (C=O) groups is 1. The molecule has 1 saturated heterocycles. The van der Waals surface area contributed by atoms with Crippen molar-refractivity contribution in [3.8, 4) is 5.88 Å². The molecule has 1 N–H and O–H groups in total. The molecule has 1 aliphatic heterocycles. The zero-order valence-electron chi connectivity index (χ0n) is 14.5. The Morgan fingerprint density at radius 3 is 2.92 bits per heavy atom. The molecule has 132 valence electrons. The predicted molar refractivity (Wildman–Crippen MR) is 92.3 cm³/mol. The van der Waals surface area contributed by atoms with Crippen molar-refractivity contribution >= 4 is 11.7 Å². The fourth-order valence-corrected chi connectivity index (χ4v) is 4.02. The quantitative estimate of drug-likeness (QED) is 0.840. The summed E-state index contributed by atoms with van der Waals surface area (Å²) in [6, 6.07) is 4.29. The van der Waals surface area contributed by atoms with Crippen molar-refractivity contribution in [1.82, 2.24) is 9.88 Å². The molecule has 0 spiro atoms. The number of anilines is 1. The van der Waals surface area contributed by atoms with Gasteiger partial charge in [-0.05, 0) is 38.2 Å². The number of ether oxygens (including phenoxy) is 2. The summed E-state index contributed by atoms with van der Waals surface area (Å²) >= 11 is 0. The summed E-state index contributed by atoms with van der Waals surface area (Å²) in [7, 11) is 1.63. The first kappa shape index (κ1) is 17.0. The summed E-state index contributed by atoms with van der Waals surface area (Å²) in [6.07, 6.45) is 7.69. The van der Waals surface area contributed by atoms with E-state index in [0.717, 1.165) is 12.8 Å². The summed E-state index contributed by atoms with van der Waals surface area (Å²) in [5, 5.41) is 2.99. The van der Waals surface area contributed by atoms with Crippen molar-refractivity contribution in [2.24, 2.45) is 5.92 Å². The van der Waals surface area contributed by atoms with Crippen LogP contribution in [0.2, 0.25) is 0 Å². The van der Waals surface area contributed by atoms with E-state index in [1.165, 1.54) is 19.3 Å². The van der Waals surface area contributed by atoms with Crippen LogP contribution in [0, 0.1) is 5.92 Å². The van der Waals surface area contributed by atoms with Crippen LogP contribution >= 0.6 is 0 Å². The van der Waals surface area contributed by atoms with E-state index in [4.69, 9.17) is 9.47 Å². The lowest BCUT2D eigenvalue weighted by Gasteiger charge is -2.33. The number of aromatic nitrogens is 1. The Kier molecular flexibility index (Phi) is 5.56. The van der Waals surface area contributed by atoms with E-state index in [9.17, 15) is 4.79 Å². The molecular weight excluding hydrogens is 306 g/mol. The highest BCUT2D eigenvalue weighted by atomic mass is 16.5. The molecule has 24 heavy (non-hydrogen) atoms. The Labute approximate surface area is 143 Å². The van der Waals surface area contributed by atoms with Crippen LogP contribution in [0.5, 0.6) is 5.88 Å². The van der Waals surface area contributed by atoms with E-state index in [0.29, 0.717) is 42.8 Å². The van der Waals surface area contributed by atoms with E-state index in [1.54, 1.807) is 19.4 Å². The maximum Gasteiger partial charge on any atom is 0.322 e. The summed E-state index contributed by atoms with van der Waals surface area (Å²) in [4.78, 5) is 19.0. The van der Waals surface area contributed by atoms with E-state index in [-0.39, 0.29) is 6.03 Å². The van der Waals surface area contributed by atoms with Crippen molar-refractivity contribution in [2.75, 3.05) is 25.6 Å². The van der Waals surface area contributed by atoms with Gasteiger partial charge in [-0.15, -0.1) is 0 Å². The van der Waals surface area contributed by atoms with Gasteiger partial charge in [0.05, 0.1) is 18.5 Å². The monoisotopic (exact) mass is 333 g/mol. The second-order valence-corrected chi connectivity index (χ2v) is 6.76. The fraction of sp³-hybridized carbons (Fsp3) is 0.667. The molecule has 1 saturated carbocycles. The third-order valence-corrected chi connectivity index (χ3v) is 5.10. The van der Waals surface area contributed by atoms with Crippen molar-refractivity contribution in [3.63, 3.8) is 0 Å². The van der Waals surface area contributed by atoms with E-state index in [1.807, 2.05) is 11.0 Å². The molecule has 1 aliphatic carbocycles. The minimum atomic E-state index is -0.00764. The van der Waals surface area contributed by atoms with Gasteiger partial charge < -0.3 is 19.7 Å². The number of hydrogen-bond acceptors (Lipinski definition) is 4. The van der Waals surface area contributed by atoms with Crippen LogP contribution in [0.1, 0.15) is 39.0 Å². The molecule has 1 aromatic rings. The molecule has 3 atom stereocenters. The number of nitrogens with one attached hydrogen (secondary N) is 1. The lowest BCUT2D eigenvalue weighted by Crippen LogP contribution is -2.44. The number of urea groups is 1. The predicted octanol–water partition coefficient (Wildman–Crippen LogP) is 3.29. The molecule has 2 amide bonds. The zero-order chi connectivity index (χ0) is 16.9. The fourth-order valence-electron chi connectivity index (χ4n) is 4.02. The first-order valence-electron chi connectivity index (χ1n) is 8.86. The van der Waals surface area contributed by atoms with E-state index in [2.05, 4.69) is 17.2 Å². The molecule has 0 unspecified atom stereocenters. The van der Waals surface area contributed by atoms with Gasteiger partial charge >= 0.3 is 6.03 Å². The largest absolute Gasteiger partial charge is 0.475 e. The van der Waals surface area contributed by atoms with Crippen molar-refractivity contribution < 1.29 is 14.3 Å². The molecule has 1 aromatic heterocycles. The third-order valence-electron chi connectivity index (χ3n) is 5.10. The van der Waals surface area contributed by atoms with Crippen LogP contribution in [0.25, 0.3) is 0 Å². The molecular formula is C18H27N3O3. The summed E-state index contributed by atoms with van der Waals surface area (Å²) in [5.41, 5.74) is 0.700. The van der Waals surface area contributed by atoms with Gasteiger partial charge in [0.15, 0.2) is 0 Å². The lowest BCUT2D eigenvalue weighted by atomic mass is 9.85. The van der Waals surface area contributed by atoms with Crippen LogP contribution in [0.3, 0.4) is 0 Å². The van der Waals surface area contributed by atoms with Crippen LogP contribution in [0.4, 0.5) is 10.5 Å². The second-order valence-electron chi connectivity index (χ2n) is 6.76. The van der Waals surface area contributed by atoms with Crippen molar-refractivity contribution in [2.45, 2.75) is 51.1 Å². The van der Waals surface area contributed by atoms with Crippen LogP contribution in [-0.2, 0) is 4.74 Å². The summed E-state index contributed by atoms with van der Waals surface area (Å²) in [5.74, 6) is 1.21. The van der Waals surface area contributed by atoms with Gasteiger partial charge in [-0.3, -0.25) is 0 Å². The highest BCUT2D eigenvalue weighted by molar-refractivity contribution is 5.89. The maximum atomic E-state index is 12.7. The number of likely N-dealkylation sites (tertiary alicyclic amines) is 1. The topological polar surface area (TPSA) is 63.7 Å². The SMILES string of the molecule is COCCOc1ccc(NC(=O)N2[C@H](C)C[C@H]3CCCC[C@@H]32)cn1. The number of nitrogens with zero attached hydrogens (tertiary/aromatic N) is 2. The zero-order valence-corrected chi connectivity index (χ0v) is 14.5. The first-order chi connectivity index (χ1) is 11.7. The molecule has 6 nitrogen and oxygen atoms in total. The Hall–Kier alpha value is -1.82. The highest BCUT2D eigenvalue weighted by Crippen LogP contribution is 2.39. The van der Waals surface area contributed by atoms with Crippen LogP contribution < -0.4 is 10.1 Å². The summed E-state index contributed by atoms with van der Waals surface area (Å²) in [6.45, 7) is 3.14. The Balaban J connectivity index is 1.58.